The van der Waals surface area contributed by atoms with Gasteiger partial charge >= 0.3 is 0 Å². The van der Waals surface area contributed by atoms with Crippen LogP contribution in [-0.2, 0) is 6.42 Å². The fourth-order valence-electron chi connectivity index (χ4n) is 1.80. The van der Waals surface area contributed by atoms with Gasteiger partial charge in [0.25, 0.3) is 0 Å². The number of Topliss-reactive ketones (excluding diaryl/α,β-unsaturated/α-hetero) is 1. The van der Waals surface area contributed by atoms with Crippen LogP contribution in [-0.4, -0.2) is 5.78 Å². The van der Waals surface area contributed by atoms with Crippen LogP contribution in [0.2, 0.25) is 10.0 Å². The second-order valence-corrected chi connectivity index (χ2v) is 5.94. The normalized spacial score (nSPS) is 10.5. The van der Waals surface area contributed by atoms with E-state index in [0.29, 0.717) is 28.5 Å². The maximum atomic E-state index is 12.1. The monoisotopic (exact) mass is 356 g/mol. The third-order valence-corrected chi connectivity index (χ3v) is 3.82. The molecule has 98 valence electrons. The molecule has 19 heavy (non-hydrogen) atoms. The van der Waals surface area contributed by atoms with Crippen LogP contribution >= 0.6 is 39.1 Å². The maximum Gasteiger partial charge on any atom is 0.164 e. The molecule has 1 nitrogen and oxygen atoms in total. The maximum absolute atomic E-state index is 12.1. The molecule has 2 aromatic rings. The van der Waals surface area contributed by atoms with Crippen LogP contribution in [0.4, 0.5) is 0 Å². The first-order valence-corrected chi connectivity index (χ1v) is 7.34. The predicted molar refractivity (Wildman–Crippen MR) is 83.3 cm³/mol. The first-order valence-electron chi connectivity index (χ1n) is 5.79. The van der Waals surface area contributed by atoms with Crippen molar-refractivity contribution in [3.05, 3.63) is 68.1 Å². The van der Waals surface area contributed by atoms with E-state index in [-0.39, 0.29) is 5.78 Å². The van der Waals surface area contributed by atoms with Gasteiger partial charge in [0.05, 0.1) is 5.02 Å². The van der Waals surface area contributed by atoms with Gasteiger partial charge in [0.15, 0.2) is 5.78 Å². The second-order valence-electron chi connectivity index (χ2n) is 4.18. The van der Waals surface area contributed by atoms with Gasteiger partial charge in [-0.1, -0.05) is 51.3 Å². The molecular formula is C15H11BrCl2O. The summed E-state index contributed by atoms with van der Waals surface area (Å²) in [7, 11) is 0. The van der Waals surface area contributed by atoms with Crippen LogP contribution in [0.15, 0.2) is 46.9 Å². The SMILES string of the molecule is O=C(CCc1cccc(Br)c1)c1cc(Cl)ccc1Cl. The molecule has 4 heteroatoms. The molecule has 0 aliphatic heterocycles. The highest BCUT2D eigenvalue weighted by atomic mass is 79.9. The zero-order valence-corrected chi connectivity index (χ0v) is 13.1. The minimum Gasteiger partial charge on any atom is -0.294 e. The molecule has 0 aliphatic carbocycles. The van der Waals surface area contributed by atoms with Crippen LogP contribution < -0.4 is 0 Å². The number of benzene rings is 2. The number of rotatable bonds is 4. The third kappa shape index (κ3) is 4.07. The molecule has 0 saturated carbocycles. The zero-order valence-electron chi connectivity index (χ0n) is 10.00. The summed E-state index contributed by atoms with van der Waals surface area (Å²) in [5, 5.41) is 0.971. The molecule has 0 aliphatic rings. The first-order chi connectivity index (χ1) is 9.06. The molecule has 0 radical (unpaired) electrons. The van der Waals surface area contributed by atoms with Crippen LogP contribution in [0.25, 0.3) is 0 Å². The van der Waals surface area contributed by atoms with Gasteiger partial charge in [-0.25, -0.2) is 0 Å². The standard InChI is InChI=1S/C15H11BrCl2O/c16-11-3-1-2-10(8-11)4-7-15(19)13-9-12(17)5-6-14(13)18/h1-3,5-6,8-9H,4,7H2. The van der Waals surface area contributed by atoms with Crippen molar-refractivity contribution in [2.45, 2.75) is 12.8 Å². The van der Waals surface area contributed by atoms with Crippen molar-refractivity contribution in [1.29, 1.82) is 0 Å². The van der Waals surface area contributed by atoms with Crippen molar-refractivity contribution in [1.82, 2.24) is 0 Å². The summed E-state index contributed by atoms with van der Waals surface area (Å²) >= 11 is 15.3. The topological polar surface area (TPSA) is 17.1 Å². The number of halogens is 3. The van der Waals surface area contributed by atoms with E-state index in [1.807, 2.05) is 24.3 Å². The number of carbonyl (C=O) groups excluding carboxylic acids is 1. The van der Waals surface area contributed by atoms with Crippen LogP contribution in [0, 0.1) is 0 Å². The van der Waals surface area contributed by atoms with Crippen LogP contribution in [0.1, 0.15) is 22.3 Å². The molecule has 2 rings (SSSR count). The number of ketones is 1. The van der Waals surface area contributed by atoms with Gasteiger partial charge < -0.3 is 0 Å². The highest BCUT2D eigenvalue weighted by Crippen LogP contribution is 2.23. The van der Waals surface area contributed by atoms with E-state index in [9.17, 15) is 4.79 Å². The summed E-state index contributed by atoms with van der Waals surface area (Å²) < 4.78 is 1.01. The van der Waals surface area contributed by atoms with Crippen molar-refractivity contribution in [3.8, 4) is 0 Å². The largest absolute Gasteiger partial charge is 0.294 e. The third-order valence-electron chi connectivity index (χ3n) is 2.76. The van der Waals surface area contributed by atoms with E-state index in [2.05, 4.69) is 15.9 Å². The van der Waals surface area contributed by atoms with E-state index < -0.39 is 0 Å². The smallest absolute Gasteiger partial charge is 0.164 e. The Labute approximate surface area is 130 Å². The highest BCUT2D eigenvalue weighted by Gasteiger charge is 2.11. The highest BCUT2D eigenvalue weighted by molar-refractivity contribution is 9.10. The average Bonchev–Trinajstić information content (AvgIpc) is 2.39. The lowest BCUT2D eigenvalue weighted by Crippen LogP contribution is -2.02. The van der Waals surface area contributed by atoms with Crippen molar-refractivity contribution >= 4 is 44.9 Å². The number of carbonyl (C=O) groups is 1. The average molecular weight is 358 g/mol. The van der Waals surface area contributed by atoms with Gasteiger partial charge in [-0.3, -0.25) is 4.79 Å². The first kappa shape index (κ1) is 14.6. The summed E-state index contributed by atoms with van der Waals surface area (Å²) in [6.07, 6.45) is 1.09. The molecule has 2 aromatic carbocycles. The fraction of sp³-hybridized carbons (Fsp3) is 0.133. The fourth-order valence-corrected chi connectivity index (χ4v) is 2.64. The zero-order chi connectivity index (χ0) is 13.8. The summed E-state index contributed by atoms with van der Waals surface area (Å²) in [5.41, 5.74) is 1.60. The Morgan fingerprint density at radius 1 is 1.11 bits per heavy atom. The summed E-state index contributed by atoms with van der Waals surface area (Å²) in [6, 6.07) is 12.9. The summed E-state index contributed by atoms with van der Waals surface area (Å²) in [5.74, 6) is 0.00692. The van der Waals surface area contributed by atoms with Crippen LogP contribution in [0.5, 0.6) is 0 Å². The molecule has 0 unspecified atom stereocenters. The van der Waals surface area contributed by atoms with Gasteiger partial charge in [0.2, 0.25) is 0 Å². The lowest BCUT2D eigenvalue weighted by atomic mass is 10.0. The van der Waals surface area contributed by atoms with E-state index in [0.717, 1.165) is 10.0 Å². The molecule has 0 bridgehead atoms. The molecule has 0 spiro atoms. The van der Waals surface area contributed by atoms with E-state index in [1.165, 1.54) is 0 Å². The Hall–Kier alpha value is -0.830. The Morgan fingerprint density at radius 3 is 2.63 bits per heavy atom. The van der Waals surface area contributed by atoms with Crippen LogP contribution in [0.3, 0.4) is 0 Å². The molecule has 0 N–H and O–H groups in total. The molecule has 0 atom stereocenters. The number of aryl methyl sites for hydroxylation is 1. The van der Waals surface area contributed by atoms with Crippen molar-refractivity contribution in [2.75, 3.05) is 0 Å². The lowest BCUT2D eigenvalue weighted by molar-refractivity contribution is 0.0983. The van der Waals surface area contributed by atoms with Gasteiger partial charge in [-0.05, 0) is 42.3 Å². The Morgan fingerprint density at radius 2 is 1.89 bits per heavy atom. The molecule has 0 aromatic heterocycles. The van der Waals surface area contributed by atoms with Gasteiger partial charge in [-0.15, -0.1) is 0 Å². The van der Waals surface area contributed by atoms with Crippen molar-refractivity contribution in [3.63, 3.8) is 0 Å². The Balaban J connectivity index is 2.07. The van der Waals surface area contributed by atoms with Gasteiger partial charge in [0.1, 0.15) is 0 Å². The second kappa shape index (κ2) is 6.56. The number of hydrogen-bond acceptors (Lipinski definition) is 1. The van der Waals surface area contributed by atoms with Crippen molar-refractivity contribution in [2.24, 2.45) is 0 Å². The summed E-state index contributed by atoms with van der Waals surface area (Å²) in [4.78, 5) is 12.1. The lowest BCUT2D eigenvalue weighted by Gasteiger charge is -2.05. The molecule has 0 saturated heterocycles. The van der Waals surface area contributed by atoms with Gasteiger partial charge in [-0.2, -0.15) is 0 Å². The predicted octanol–water partition coefficient (Wildman–Crippen LogP) is 5.57. The molecule has 0 fully saturated rings. The molecular weight excluding hydrogens is 347 g/mol. The van der Waals surface area contributed by atoms with Crippen molar-refractivity contribution < 1.29 is 4.79 Å². The minimum atomic E-state index is 0.00692. The van der Waals surface area contributed by atoms with E-state index in [4.69, 9.17) is 23.2 Å². The molecule has 0 heterocycles. The van der Waals surface area contributed by atoms with E-state index in [1.54, 1.807) is 18.2 Å². The van der Waals surface area contributed by atoms with E-state index >= 15 is 0 Å². The molecule has 0 amide bonds. The minimum absolute atomic E-state index is 0.00692. The Bertz CT molecular complexity index is 611. The summed E-state index contributed by atoms with van der Waals surface area (Å²) in [6.45, 7) is 0. The number of hydrogen-bond donors (Lipinski definition) is 0. The quantitative estimate of drug-likeness (QED) is 0.653. The van der Waals surface area contributed by atoms with Gasteiger partial charge in [0, 0.05) is 21.5 Å². The Kier molecular flexibility index (Phi) is 5.03.